The van der Waals surface area contributed by atoms with Crippen molar-refractivity contribution in [3.05, 3.63) is 30.3 Å². The van der Waals surface area contributed by atoms with Gasteiger partial charge in [-0.1, -0.05) is 18.2 Å². The minimum Gasteiger partial charge on any atom is -0.493 e. The first kappa shape index (κ1) is 12.9. The van der Waals surface area contributed by atoms with Gasteiger partial charge < -0.3 is 15.2 Å². The maximum atomic E-state index is 11.7. The zero-order valence-corrected chi connectivity index (χ0v) is 10.4. The molecule has 1 aliphatic rings. The van der Waals surface area contributed by atoms with Crippen LogP contribution in [0.15, 0.2) is 30.3 Å². The van der Waals surface area contributed by atoms with Crippen molar-refractivity contribution in [2.45, 2.75) is 31.2 Å². The SMILES string of the molecule is O=C(CCOc1ccccc1)NC1(CO)CCC1. The fourth-order valence-electron chi connectivity index (χ4n) is 2.06. The topological polar surface area (TPSA) is 58.6 Å². The number of para-hydroxylation sites is 1. The van der Waals surface area contributed by atoms with Crippen molar-refractivity contribution in [3.63, 3.8) is 0 Å². The normalized spacial score (nSPS) is 16.7. The van der Waals surface area contributed by atoms with Crippen LogP contribution in [0, 0.1) is 0 Å². The summed E-state index contributed by atoms with van der Waals surface area (Å²) in [5.74, 6) is 0.713. The molecule has 1 fully saturated rings. The van der Waals surface area contributed by atoms with Crippen LogP contribution in [0.2, 0.25) is 0 Å². The van der Waals surface area contributed by atoms with E-state index in [4.69, 9.17) is 4.74 Å². The van der Waals surface area contributed by atoms with Crippen LogP contribution in [-0.2, 0) is 4.79 Å². The van der Waals surface area contributed by atoms with E-state index in [-0.39, 0.29) is 18.1 Å². The van der Waals surface area contributed by atoms with Gasteiger partial charge in [-0.15, -0.1) is 0 Å². The largest absolute Gasteiger partial charge is 0.493 e. The number of aliphatic hydroxyl groups is 1. The second-order valence-electron chi connectivity index (χ2n) is 4.75. The van der Waals surface area contributed by atoms with Gasteiger partial charge in [-0.2, -0.15) is 0 Å². The predicted molar refractivity (Wildman–Crippen MR) is 68.4 cm³/mol. The number of rotatable bonds is 6. The number of ether oxygens (including phenoxy) is 1. The Morgan fingerprint density at radius 2 is 2.06 bits per heavy atom. The maximum Gasteiger partial charge on any atom is 0.223 e. The summed E-state index contributed by atoms with van der Waals surface area (Å²) in [7, 11) is 0. The third kappa shape index (κ3) is 3.23. The van der Waals surface area contributed by atoms with Crippen LogP contribution >= 0.6 is 0 Å². The summed E-state index contributed by atoms with van der Waals surface area (Å²) in [6.07, 6.45) is 3.13. The van der Waals surface area contributed by atoms with Crippen molar-refractivity contribution in [2.24, 2.45) is 0 Å². The van der Waals surface area contributed by atoms with Crippen LogP contribution in [0.1, 0.15) is 25.7 Å². The Morgan fingerprint density at radius 3 is 2.61 bits per heavy atom. The predicted octanol–water partition coefficient (Wildman–Crippen LogP) is 1.49. The number of carbonyl (C=O) groups excluding carboxylic acids is 1. The summed E-state index contributed by atoms with van der Waals surface area (Å²) in [4.78, 5) is 11.7. The molecule has 2 rings (SSSR count). The maximum absolute atomic E-state index is 11.7. The lowest BCUT2D eigenvalue weighted by Gasteiger charge is -2.40. The van der Waals surface area contributed by atoms with Gasteiger partial charge in [-0.3, -0.25) is 4.79 Å². The van der Waals surface area contributed by atoms with Crippen LogP contribution in [0.3, 0.4) is 0 Å². The first-order chi connectivity index (χ1) is 8.74. The molecule has 18 heavy (non-hydrogen) atoms. The van der Waals surface area contributed by atoms with Gasteiger partial charge in [0.1, 0.15) is 5.75 Å². The molecule has 0 bridgehead atoms. The minimum absolute atomic E-state index is 0.0261. The molecular formula is C14H19NO3. The molecule has 0 unspecified atom stereocenters. The Labute approximate surface area is 107 Å². The molecule has 1 saturated carbocycles. The summed E-state index contributed by atoms with van der Waals surface area (Å²) in [5.41, 5.74) is -0.357. The lowest BCUT2D eigenvalue weighted by atomic mass is 9.77. The quantitative estimate of drug-likeness (QED) is 0.803. The second kappa shape index (κ2) is 5.87. The number of hydrogen-bond acceptors (Lipinski definition) is 3. The van der Waals surface area contributed by atoms with Gasteiger partial charge in [0, 0.05) is 0 Å². The van der Waals surface area contributed by atoms with Gasteiger partial charge in [0.2, 0.25) is 5.91 Å². The Bertz CT molecular complexity index is 382. The number of benzene rings is 1. The molecule has 1 aliphatic carbocycles. The molecule has 4 nitrogen and oxygen atoms in total. The molecule has 0 radical (unpaired) electrons. The van der Waals surface area contributed by atoms with E-state index in [0.717, 1.165) is 25.0 Å². The van der Waals surface area contributed by atoms with Gasteiger partial charge in [0.05, 0.1) is 25.2 Å². The number of hydrogen-bond donors (Lipinski definition) is 2. The molecule has 0 spiro atoms. The van der Waals surface area contributed by atoms with Crippen molar-refractivity contribution in [2.75, 3.05) is 13.2 Å². The van der Waals surface area contributed by atoms with Gasteiger partial charge in [-0.05, 0) is 31.4 Å². The van der Waals surface area contributed by atoms with Gasteiger partial charge in [-0.25, -0.2) is 0 Å². The van der Waals surface area contributed by atoms with E-state index in [0.29, 0.717) is 13.0 Å². The van der Waals surface area contributed by atoms with Gasteiger partial charge >= 0.3 is 0 Å². The van der Waals surface area contributed by atoms with Crippen molar-refractivity contribution >= 4 is 5.91 Å². The molecule has 0 aromatic heterocycles. The van der Waals surface area contributed by atoms with Crippen LogP contribution < -0.4 is 10.1 Å². The fraction of sp³-hybridized carbons (Fsp3) is 0.500. The Morgan fingerprint density at radius 1 is 1.33 bits per heavy atom. The van der Waals surface area contributed by atoms with E-state index < -0.39 is 0 Å². The molecule has 0 atom stereocenters. The molecule has 0 saturated heterocycles. The number of carbonyl (C=O) groups is 1. The lowest BCUT2D eigenvalue weighted by molar-refractivity contribution is -0.125. The molecule has 1 aromatic rings. The first-order valence-electron chi connectivity index (χ1n) is 6.34. The molecule has 0 heterocycles. The average molecular weight is 249 g/mol. The van der Waals surface area contributed by atoms with Crippen LogP contribution in [-0.4, -0.2) is 29.8 Å². The van der Waals surface area contributed by atoms with Crippen molar-refractivity contribution in [1.82, 2.24) is 5.32 Å². The molecule has 0 aliphatic heterocycles. The third-order valence-corrected chi connectivity index (χ3v) is 3.36. The smallest absolute Gasteiger partial charge is 0.223 e. The Hall–Kier alpha value is -1.55. The van der Waals surface area contributed by atoms with Gasteiger partial charge in [0.15, 0.2) is 0 Å². The van der Waals surface area contributed by atoms with E-state index in [1.165, 1.54) is 0 Å². The molecule has 1 amide bonds. The number of aliphatic hydroxyl groups excluding tert-OH is 1. The van der Waals surface area contributed by atoms with E-state index in [9.17, 15) is 9.90 Å². The average Bonchev–Trinajstić information content (AvgIpc) is 2.35. The number of nitrogens with one attached hydrogen (secondary N) is 1. The molecule has 4 heteroatoms. The lowest BCUT2D eigenvalue weighted by Crippen LogP contribution is -2.56. The van der Waals surface area contributed by atoms with E-state index in [1.54, 1.807) is 0 Å². The van der Waals surface area contributed by atoms with E-state index in [1.807, 2.05) is 30.3 Å². The molecule has 98 valence electrons. The van der Waals surface area contributed by atoms with Gasteiger partial charge in [0.25, 0.3) is 0 Å². The van der Waals surface area contributed by atoms with Crippen LogP contribution in [0.4, 0.5) is 0 Å². The summed E-state index contributed by atoms with van der Waals surface area (Å²) >= 11 is 0. The highest BCUT2D eigenvalue weighted by atomic mass is 16.5. The molecule has 1 aromatic carbocycles. The molecular weight excluding hydrogens is 230 g/mol. The van der Waals surface area contributed by atoms with Crippen molar-refractivity contribution in [1.29, 1.82) is 0 Å². The first-order valence-corrected chi connectivity index (χ1v) is 6.34. The fourth-order valence-corrected chi connectivity index (χ4v) is 2.06. The summed E-state index contributed by atoms with van der Waals surface area (Å²) < 4.78 is 5.45. The highest BCUT2D eigenvalue weighted by Gasteiger charge is 2.37. The van der Waals surface area contributed by atoms with Crippen LogP contribution in [0.25, 0.3) is 0 Å². The Kier molecular flexibility index (Phi) is 4.20. The summed E-state index contributed by atoms with van der Waals surface area (Å²) in [6.45, 7) is 0.385. The standard InChI is InChI=1S/C14H19NO3/c16-11-14(8-4-9-14)15-13(17)7-10-18-12-5-2-1-3-6-12/h1-3,5-6,16H,4,7-11H2,(H,15,17). The minimum atomic E-state index is -0.357. The number of amides is 1. The zero-order chi connectivity index (χ0) is 12.8. The summed E-state index contributed by atoms with van der Waals surface area (Å²) in [5, 5.41) is 12.1. The van der Waals surface area contributed by atoms with E-state index in [2.05, 4.69) is 5.32 Å². The third-order valence-electron chi connectivity index (χ3n) is 3.36. The monoisotopic (exact) mass is 249 g/mol. The van der Waals surface area contributed by atoms with Crippen molar-refractivity contribution in [3.8, 4) is 5.75 Å². The highest BCUT2D eigenvalue weighted by Crippen LogP contribution is 2.31. The zero-order valence-electron chi connectivity index (χ0n) is 10.4. The molecule has 2 N–H and O–H groups in total. The highest BCUT2D eigenvalue weighted by molar-refractivity contribution is 5.77. The van der Waals surface area contributed by atoms with Crippen LogP contribution in [0.5, 0.6) is 5.75 Å². The van der Waals surface area contributed by atoms with E-state index >= 15 is 0 Å². The second-order valence-corrected chi connectivity index (χ2v) is 4.75. The summed E-state index contributed by atoms with van der Waals surface area (Å²) in [6, 6.07) is 9.42. The van der Waals surface area contributed by atoms with Crippen molar-refractivity contribution < 1.29 is 14.6 Å². The Balaban J connectivity index is 1.69.